The van der Waals surface area contributed by atoms with Crippen molar-refractivity contribution in [1.82, 2.24) is 4.57 Å². The molecule has 0 spiro atoms. The summed E-state index contributed by atoms with van der Waals surface area (Å²) in [6.07, 6.45) is 1.79. The molecule has 8 nitrogen and oxygen atoms in total. The van der Waals surface area contributed by atoms with Gasteiger partial charge in [0.1, 0.15) is 6.61 Å². The van der Waals surface area contributed by atoms with Gasteiger partial charge in [-0.3, -0.25) is 9.36 Å². The Balaban J connectivity index is 1.47. The van der Waals surface area contributed by atoms with Crippen molar-refractivity contribution in [1.29, 1.82) is 5.26 Å². The van der Waals surface area contributed by atoms with Crippen LogP contribution in [0.15, 0.2) is 111 Å². The van der Waals surface area contributed by atoms with E-state index in [-0.39, 0.29) is 18.8 Å². The fourth-order valence-electron chi connectivity index (χ4n) is 5.76. The summed E-state index contributed by atoms with van der Waals surface area (Å²) < 4.78 is 20.1. The molecule has 1 aromatic heterocycles. The molecule has 0 saturated heterocycles. The summed E-state index contributed by atoms with van der Waals surface area (Å²) in [5, 5.41) is 9.09. The maximum atomic E-state index is 14.4. The number of carbonyl (C=O) groups is 1. The molecule has 1 aliphatic heterocycles. The monoisotopic (exact) mass is 747 g/mol. The molecule has 0 bridgehead atoms. The van der Waals surface area contributed by atoms with Gasteiger partial charge in [-0.05, 0) is 81.4 Å². The molecule has 0 aliphatic carbocycles. The lowest BCUT2D eigenvalue weighted by atomic mass is 9.91. The molecule has 4 aromatic carbocycles. The van der Waals surface area contributed by atoms with Crippen molar-refractivity contribution >= 4 is 45.0 Å². The molecule has 1 atom stereocenters. The van der Waals surface area contributed by atoms with Gasteiger partial charge in [0.15, 0.2) is 16.3 Å². The third kappa shape index (κ3) is 7.06. The van der Waals surface area contributed by atoms with Crippen LogP contribution in [0.4, 0.5) is 0 Å². The van der Waals surface area contributed by atoms with Gasteiger partial charge in [0.2, 0.25) is 0 Å². The number of hydrogen-bond acceptors (Lipinski definition) is 8. The van der Waals surface area contributed by atoms with Crippen LogP contribution < -0.4 is 24.4 Å². The van der Waals surface area contributed by atoms with Crippen LogP contribution in [0.2, 0.25) is 0 Å². The Morgan fingerprint density at radius 3 is 2.42 bits per heavy atom. The maximum absolute atomic E-state index is 14.4. The van der Waals surface area contributed by atoms with E-state index >= 15 is 0 Å². The number of ether oxygens (including phenoxy) is 3. The van der Waals surface area contributed by atoms with Gasteiger partial charge < -0.3 is 14.2 Å². The van der Waals surface area contributed by atoms with Crippen molar-refractivity contribution in [3.05, 3.63) is 154 Å². The number of benzene rings is 4. The number of thiazole rings is 1. The summed E-state index contributed by atoms with van der Waals surface area (Å²) in [5.74, 6) is 0.778. The molecule has 10 heteroatoms. The summed E-state index contributed by atoms with van der Waals surface area (Å²) in [6.45, 7) is 6.45. The molecule has 6 rings (SSSR count). The first-order chi connectivity index (χ1) is 24.2. The Bertz CT molecular complexity index is 2300. The van der Waals surface area contributed by atoms with E-state index in [1.54, 1.807) is 42.9 Å². The Hall–Kier alpha value is -5.24. The van der Waals surface area contributed by atoms with Crippen LogP contribution in [0.1, 0.15) is 66.1 Å². The topological polar surface area (TPSA) is 103 Å². The summed E-state index contributed by atoms with van der Waals surface area (Å²) in [7, 11) is 1.56. The summed E-state index contributed by atoms with van der Waals surface area (Å²) >= 11 is 4.88. The number of fused-ring (bicyclic) bond motifs is 1. The molecule has 50 heavy (non-hydrogen) atoms. The minimum Gasteiger partial charge on any atom is -0.493 e. The second kappa shape index (κ2) is 15.1. The molecule has 0 N–H and O–H groups in total. The molecule has 0 amide bonds. The molecule has 0 radical (unpaired) electrons. The first kappa shape index (κ1) is 34.6. The molecule has 5 aromatic rings. The van der Waals surface area contributed by atoms with Crippen LogP contribution in [0.5, 0.6) is 11.5 Å². The van der Waals surface area contributed by atoms with Crippen LogP contribution in [0, 0.1) is 11.3 Å². The fraction of sp³-hybridized carbons (Fsp3) is 0.200. The SMILES string of the molecule is CCOC(=O)C1=C(c2ccccc2)N=c2sc(=Cc3cc(Br)c(OCc4ccc(C#N)cc4)c(OC)c3)c(=O)n2[C@H]1c1ccc(C(C)C)cc1. The minimum atomic E-state index is -0.761. The van der Waals surface area contributed by atoms with Gasteiger partial charge in [0.05, 0.1) is 51.7 Å². The zero-order chi connectivity index (χ0) is 35.4. The number of halogens is 1. The van der Waals surface area contributed by atoms with Gasteiger partial charge in [0.25, 0.3) is 5.56 Å². The van der Waals surface area contributed by atoms with E-state index in [2.05, 4.69) is 35.8 Å². The van der Waals surface area contributed by atoms with E-state index in [1.807, 2.05) is 72.8 Å². The van der Waals surface area contributed by atoms with Gasteiger partial charge >= 0.3 is 5.97 Å². The van der Waals surface area contributed by atoms with Crippen molar-refractivity contribution < 1.29 is 19.0 Å². The van der Waals surface area contributed by atoms with E-state index in [1.165, 1.54) is 11.3 Å². The van der Waals surface area contributed by atoms with Crippen molar-refractivity contribution in [2.24, 2.45) is 4.99 Å². The van der Waals surface area contributed by atoms with Gasteiger partial charge in [-0.1, -0.05) is 91.9 Å². The van der Waals surface area contributed by atoms with Crippen LogP contribution in [-0.4, -0.2) is 24.3 Å². The van der Waals surface area contributed by atoms with Gasteiger partial charge in [0, 0.05) is 5.56 Å². The molecule has 1 aliphatic rings. The van der Waals surface area contributed by atoms with E-state index in [9.17, 15) is 9.59 Å². The Morgan fingerprint density at radius 2 is 1.78 bits per heavy atom. The first-order valence-corrected chi connectivity index (χ1v) is 17.7. The van der Waals surface area contributed by atoms with Crippen molar-refractivity contribution in [2.75, 3.05) is 13.7 Å². The van der Waals surface area contributed by atoms with Crippen LogP contribution in [0.3, 0.4) is 0 Å². The van der Waals surface area contributed by atoms with Crippen LogP contribution in [0.25, 0.3) is 11.8 Å². The van der Waals surface area contributed by atoms with E-state index < -0.39 is 12.0 Å². The standard InChI is InChI=1S/C40H34BrN3O5S/c1-5-48-39(46)34-35(29-9-7-6-8-10-29)43-40-44(36(34)30-17-15-28(16-18-30)24(2)3)38(45)33(50-40)21-27-19-31(41)37(32(20-27)47-4)49-23-26-13-11-25(22-42)12-14-26/h6-21,24,36H,5,23H2,1-4H3/t36-/m0/s1. The zero-order valence-electron chi connectivity index (χ0n) is 28.0. The highest BCUT2D eigenvalue weighted by Crippen LogP contribution is 2.38. The third-order valence-electron chi connectivity index (χ3n) is 8.31. The molecular weight excluding hydrogens is 714 g/mol. The van der Waals surface area contributed by atoms with Crippen molar-refractivity contribution in [2.45, 2.75) is 39.3 Å². The maximum Gasteiger partial charge on any atom is 0.338 e. The third-order valence-corrected chi connectivity index (χ3v) is 9.88. The molecule has 0 saturated carbocycles. The average molecular weight is 749 g/mol. The largest absolute Gasteiger partial charge is 0.493 e. The highest BCUT2D eigenvalue weighted by atomic mass is 79.9. The van der Waals surface area contributed by atoms with Crippen LogP contribution >= 0.6 is 27.3 Å². The molecule has 0 fully saturated rings. The number of rotatable bonds is 10. The molecule has 0 unspecified atom stereocenters. The second-order valence-electron chi connectivity index (χ2n) is 11.9. The summed E-state index contributed by atoms with van der Waals surface area (Å²) in [5.41, 5.74) is 5.36. The predicted molar refractivity (Wildman–Crippen MR) is 198 cm³/mol. The van der Waals surface area contributed by atoms with Gasteiger partial charge in [-0.2, -0.15) is 5.26 Å². The lowest BCUT2D eigenvalue weighted by molar-refractivity contribution is -0.138. The normalized spacial score (nSPS) is 14.2. The number of hydrogen-bond donors (Lipinski definition) is 0. The van der Waals surface area contributed by atoms with Crippen LogP contribution in [-0.2, 0) is 16.1 Å². The lowest BCUT2D eigenvalue weighted by Crippen LogP contribution is -2.40. The highest BCUT2D eigenvalue weighted by molar-refractivity contribution is 9.10. The Kier molecular flexibility index (Phi) is 10.5. The van der Waals surface area contributed by atoms with Gasteiger partial charge in [-0.15, -0.1) is 0 Å². The van der Waals surface area contributed by atoms with Crippen molar-refractivity contribution in [3.8, 4) is 17.6 Å². The first-order valence-electron chi connectivity index (χ1n) is 16.1. The number of carbonyl (C=O) groups excluding carboxylic acids is 1. The summed E-state index contributed by atoms with van der Waals surface area (Å²) in [4.78, 5) is 33.6. The second-order valence-corrected chi connectivity index (χ2v) is 13.7. The minimum absolute atomic E-state index is 0.178. The number of nitriles is 1. The average Bonchev–Trinajstić information content (AvgIpc) is 3.44. The van der Waals surface area contributed by atoms with Crippen molar-refractivity contribution in [3.63, 3.8) is 0 Å². The molecule has 252 valence electrons. The fourth-order valence-corrected chi connectivity index (χ4v) is 7.34. The van der Waals surface area contributed by atoms with E-state index in [0.717, 1.165) is 22.3 Å². The smallest absolute Gasteiger partial charge is 0.338 e. The molecular formula is C40H34BrN3O5S. The number of methoxy groups -OCH3 is 1. The number of nitrogens with zero attached hydrogens (tertiary/aromatic N) is 3. The highest BCUT2D eigenvalue weighted by Gasteiger charge is 2.35. The van der Waals surface area contributed by atoms with Gasteiger partial charge in [-0.25, -0.2) is 9.79 Å². The number of aromatic nitrogens is 1. The summed E-state index contributed by atoms with van der Waals surface area (Å²) in [6, 6.07) is 29.7. The van der Waals surface area contributed by atoms with E-state index in [0.29, 0.717) is 53.6 Å². The quantitative estimate of drug-likeness (QED) is 0.139. The van der Waals surface area contributed by atoms with E-state index in [4.69, 9.17) is 24.5 Å². The lowest BCUT2D eigenvalue weighted by Gasteiger charge is -2.26. The predicted octanol–water partition coefficient (Wildman–Crippen LogP) is 7.28. The number of esters is 1. The molecule has 2 heterocycles. The zero-order valence-corrected chi connectivity index (χ0v) is 30.4. The Morgan fingerprint density at radius 1 is 1.06 bits per heavy atom. The Labute approximate surface area is 302 Å².